The van der Waals surface area contributed by atoms with Crippen LogP contribution < -0.4 is 16.9 Å². The number of amides is 2. The lowest BCUT2D eigenvalue weighted by Gasteiger charge is -2.10. The van der Waals surface area contributed by atoms with Gasteiger partial charge in [0.1, 0.15) is 0 Å². The van der Waals surface area contributed by atoms with E-state index in [9.17, 15) is 9.59 Å². The normalized spacial score (nSPS) is 23.9. The second kappa shape index (κ2) is 5.14. The number of carbonyl (C=O) groups excluding carboxylic acids is 2. The molecule has 6 nitrogen and oxygen atoms in total. The minimum Gasteiger partial charge on any atom is -0.368 e. The molecule has 7 heteroatoms. The molecular formula is C7H15ClN4O2. The van der Waals surface area contributed by atoms with Crippen molar-refractivity contribution in [3.8, 4) is 0 Å². The predicted octanol–water partition coefficient (Wildman–Crippen LogP) is -1.80. The molecule has 1 aliphatic rings. The Morgan fingerprint density at radius 3 is 2.71 bits per heavy atom. The summed E-state index contributed by atoms with van der Waals surface area (Å²) in [5.41, 5.74) is 13.0. The van der Waals surface area contributed by atoms with Gasteiger partial charge in [-0.05, 0) is 6.42 Å². The molecule has 1 unspecified atom stereocenters. The summed E-state index contributed by atoms with van der Waals surface area (Å²) < 4.78 is 0. The minimum absolute atomic E-state index is 0. The fraction of sp³-hybridized carbons (Fsp3) is 0.714. The lowest BCUT2D eigenvalue weighted by Crippen LogP contribution is -2.39. The van der Waals surface area contributed by atoms with Crippen LogP contribution in [0.15, 0.2) is 0 Å². The van der Waals surface area contributed by atoms with Crippen LogP contribution in [0, 0.1) is 5.92 Å². The van der Waals surface area contributed by atoms with Crippen LogP contribution in [0.25, 0.3) is 0 Å². The van der Waals surface area contributed by atoms with E-state index in [-0.39, 0.29) is 24.2 Å². The lowest BCUT2D eigenvalue weighted by molar-refractivity contribution is -0.124. The Hall–Kier alpha value is -0.850. The molecule has 0 bridgehead atoms. The molecule has 1 saturated heterocycles. The van der Waals surface area contributed by atoms with Crippen molar-refractivity contribution < 1.29 is 9.59 Å². The number of halogens is 1. The molecule has 0 aromatic carbocycles. The van der Waals surface area contributed by atoms with Gasteiger partial charge in [-0.1, -0.05) is 0 Å². The molecule has 0 aromatic heterocycles. The summed E-state index contributed by atoms with van der Waals surface area (Å²) in [4.78, 5) is 21.8. The van der Waals surface area contributed by atoms with Gasteiger partial charge in [0.15, 0.2) is 0 Å². The van der Waals surface area contributed by atoms with E-state index < -0.39 is 11.9 Å². The Kier molecular flexibility index (Phi) is 4.82. The first-order chi connectivity index (χ1) is 6.00. The van der Waals surface area contributed by atoms with E-state index in [2.05, 4.69) is 5.43 Å². The van der Waals surface area contributed by atoms with Gasteiger partial charge in [-0.25, -0.2) is 5.01 Å². The molecule has 0 saturated carbocycles. The summed E-state index contributed by atoms with van der Waals surface area (Å²) in [7, 11) is 1.76. The van der Waals surface area contributed by atoms with E-state index in [4.69, 9.17) is 11.5 Å². The van der Waals surface area contributed by atoms with E-state index in [1.807, 2.05) is 0 Å². The van der Waals surface area contributed by atoms with Gasteiger partial charge < -0.3 is 11.5 Å². The zero-order valence-electron chi connectivity index (χ0n) is 7.90. The number of hydrazine groups is 1. The van der Waals surface area contributed by atoms with Gasteiger partial charge in [0.2, 0.25) is 11.8 Å². The monoisotopic (exact) mass is 222 g/mol. The van der Waals surface area contributed by atoms with Crippen molar-refractivity contribution in [3.63, 3.8) is 0 Å². The molecule has 0 aromatic rings. The number of hydrogen-bond acceptors (Lipinski definition) is 4. The Balaban J connectivity index is 0.00000169. The molecule has 2 amide bonds. The van der Waals surface area contributed by atoms with Crippen LogP contribution >= 0.6 is 12.4 Å². The molecule has 2 atom stereocenters. The van der Waals surface area contributed by atoms with E-state index >= 15 is 0 Å². The summed E-state index contributed by atoms with van der Waals surface area (Å²) >= 11 is 0. The molecule has 1 rings (SSSR count). The molecular weight excluding hydrogens is 208 g/mol. The van der Waals surface area contributed by atoms with Gasteiger partial charge in [0.25, 0.3) is 0 Å². The number of nitrogens with zero attached hydrogens (tertiary/aromatic N) is 1. The van der Waals surface area contributed by atoms with Crippen molar-refractivity contribution in [2.24, 2.45) is 17.4 Å². The number of primary amides is 1. The van der Waals surface area contributed by atoms with Crippen LogP contribution in [0.5, 0.6) is 0 Å². The van der Waals surface area contributed by atoms with E-state index in [1.54, 1.807) is 12.1 Å². The van der Waals surface area contributed by atoms with Crippen LogP contribution in [0.2, 0.25) is 0 Å². The Morgan fingerprint density at radius 1 is 1.79 bits per heavy atom. The number of carbonyl (C=O) groups is 2. The standard InChI is InChI=1S/C7H14N4O2.ClH/c1-11-3-4(7(13)10-11)2-5(8)6(9)12;/h4-5H,2-3,8H2,1H3,(H2,9,12)(H,10,13);1H/t4?,5-;/m0./s1. The highest BCUT2D eigenvalue weighted by atomic mass is 35.5. The van der Waals surface area contributed by atoms with Gasteiger partial charge in [0.05, 0.1) is 12.0 Å². The molecule has 82 valence electrons. The fourth-order valence-electron chi connectivity index (χ4n) is 1.34. The van der Waals surface area contributed by atoms with Crippen molar-refractivity contribution in [1.29, 1.82) is 0 Å². The second-order valence-electron chi connectivity index (χ2n) is 3.30. The maximum absolute atomic E-state index is 11.2. The zero-order valence-corrected chi connectivity index (χ0v) is 8.71. The van der Waals surface area contributed by atoms with Crippen molar-refractivity contribution in [2.45, 2.75) is 12.5 Å². The Bertz CT molecular complexity index is 236. The smallest absolute Gasteiger partial charge is 0.238 e. The summed E-state index contributed by atoms with van der Waals surface area (Å²) in [6, 6.07) is -0.734. The molecule has 1 fully saturated rings. The third kappa shape index (κ3) is 3.13. The quantitative estimate of drug-likeness (QED) is 0.525. The minimum atomic E-state index is -0.734. The molecule has 1 aliphatic heterocycles. The molecule has 0 spiro atoms. The zero-order chi connectivity index (χ0) is 10.0. The van der Waals surface area contributed by atoms with Gasteiger partial charge in [-0.3, -0.25) is 15.0 Å². The second-order valence-corrected chi connectivity index (χ2v) is 3.30. The van der Waals surface area contributed by atoms with Gasteiger partial charge >= 0.3 is 0 Å². The third-order valence-electron chi connectivity index (χ3n) is 2.07. The van der Waals surface area contributed by atoms with E-state index in [1.165, 1.54) is 0 Å². The summed E-state index contributed by atoms with van der Waals surface area (Å²) in [6.07, 6.45) is 0.311. The number of hydrogen-bond donors (Lipinski definition) is 3. The molecule has 0 radical (unpaired) electrons. The van der Waals surface area contributed by atoms with Crippen LogP contribution in [0.3, 0.4) is 0 Å². The molecule has 5 N–H and O–H groups in total. The molecule has 0 aliphatic carbocycles. The van der Waals surface area contributed by atoms with Crippen molar-refractivity contribution >= 4 is 24.2 Å². The third-order valence-corrected chi connectivity index (χ3v) is 2.07. The maximum atomic E-state index is 11.2. The summed E-state index contributed by atoms with van der Waals surface area (Å²) in [5.74, 6) is -0.894. The SMILES string of the molecule is CN1CC(C[C@H](N)C(N)=O)C(=O)N1.Cl. The number of rotatable bonds is 3. The highest BCUT2D eigenvalue weighted by Gasteiger charge is 2.30. The van der Waals surface area contributed by atoms with Crippen LogP contribution in [-0.2, 0) is 9.59 Å². The first-order valence-electron chi connectivity index (χ1n) is 4.07. The highest BCUT2D eigenvalue weighted by molar-refractivity contribution is 5.85. The summed E-state index contributed by atoms with van der Waals surface area (Å²) in [6.45, 7) is 0.569. The largest absolute Gasteiger partial charge is 0.368 e. The predicted molar refractivity (Wildman–Crippen MR) is 53.3 cm³/mol. The van der Waals surface area contributed by atoms with Crippen LogP contribution in [0.1, 0.15) is 6.42 Å². The Labute approximate surface area is 88.4 Å². The van der Waals surface area contributed by atoms with E-state index in [0.717, 1.165) is 0 Å². The van der Waals surface area contributed by atoms with Gasteiger partial charge in [-0.2, -0.15) is 0 Å². The highest BCUT2D eigenvalue weighted by Crippen LogP contribution is 2.12. The first-order valence-corrected chi connectivity index (χ1v) is 4.07. The van der Waals surface area contributed by atoms with E-state index in [0.29, 0.717) is 13.0 Å². The number of nitrogens with one attached hydrogen (secondary N) is 1. The van der Waals surface area contributed by atoms with Crippen LogP contribution in [0.4, 0.5) is 0 Å². The van der Waals surface area contributed by atoms with Crippen molar-refractivity contribution in [2.75, 3.05) is 13.6 Å². The molecule has 14 heavy (non-hydrogen) atoms. The average molecular weight is 223 g/mol. The lowest BCUT2D eigenvalue weighted by atomic mass is 10.0. The summed E-state index contributed by atoms with van der Waals surface area (Å²) in [5, 5.41) is 1.67. The fourth-order valence-corrected chi connectivity index (χ4v) is 1.34. The maximum Gasteiger partial charge on any atom is 0.238 e. The Morgan fingerprint density at radius 2 is 2.36 bits per heavy atom. The van der Waals surface area contributed by atoms with Gasteiger partial charge in [-0.15, -0.1) is 12.4 Å². The average Bonchev–Trinajstić information content (AvgIpc) is 2.30. The first kappa shape index (κ1) is 13.2. The number of nitrogens with two attached hydrogens (primary N) is 2. The van der Waals surface area contributed by atoms with Crippen molar-refractivity contribution in [1.82, 2.24) is 10.4 Å². The van der Waals surface area contributed by atoms with Crippen LogP contribution in [-0.4, -0.2) is 36.5 Å². The topological polar surface area (TPSA) is 101 Å². The van der Waals surface area contributed by atoms with Crippen molar-refractivity contribution in [3.05, 3.63) is 0 Å². The van der Waals surface area contributed by atoms with Gasteiger partial charge in [0, 0.05) is 13.6 Å². The molecule has 1 heterocycles.